The number of methoxy groups -OCH3 is 2. The van der Waals surface area contributed by atoms with Gasteiger partial charge in [0.05, 0.1) is 36.7 Å². The van der Waals surface area contributed by atoms with Gasteiger partial charge in [-0.05, 0) is 12.1 Å². The van der Waals surface area contributed by atoms with Crippen molar-refractivity contribution in [3.63, 3.8) is 0 Å². The van der Waals surface area contributed by atoms with Gasteiger partial charge >= 0.3 is 0 Å². The van der Waals surface area contributed by atoms with Crippen LogP contribution in [0, 0.1) is 0 Å². The number of nitrogens with one attached hydrogen (secondary N) is 1. The van der Waals surface area contributed by atoms with Crippen LogP contribution < -0.4 is 14.8 Å². The first kappa shape index (κ1) is 20.5. The molecule has 6 nitrogen and oxygen atoms in total. The highest BCUT2D eigenvalue weighted by atomic mass is 35.5. The van der Waals surface area contributed by atoms with Gasteiger partial charge in [-0.1, -0.05) is 54.1 Å². The van der Waals surface area contributed by atoms with Crippen LogP contribution in [0.15, 0.2) is 77.3 Å². The molecule has 7 heteroatoms. The number of amides is 1. The van der Waals surface area contributed by atoms with E-state index in [1.165, 1.54) is 14.2 Å². The Morgan fingerprint density at radius 1 is 0.968 bits per heavy atom. The van der Waals surface area contributed by atoms with E-state index < -0.39 is 0 Å². The number of oxazole rings is 1. The summed E-state index contributed by atoms with van der Waals surface area (Å²) >= 11 is 6.15. The number of anilines is 1. The largest absolute Gasteiger partial charge is 0.495 e. The normalized spacial score (nSPS) is 10.5. The number of rotatable bonds is 6. The SMILES string of the molecule is COc1cc(NC(=O)c2ccccc2-c2ncc(-c3ccccc3)o2)c(OC)cc1Cl. The van der Waals surface area contributed by atoms with Gasteiger partial charge in [0.25, 0.3) is 5.91 Å². The van der Waals surface area contributed by atoms with Gasteiger partial charge in [-0.25, -0.2) is 4.98 Å². The van der Waals surface area contributed by atoms with E-state index in [0.29, 0.717) is 45.0 Å². The van der Waals surface area contributed by atoms with Crippen molar-refractivity contribution in [1.82, 2.24) is 4.98 Å². The summed E-state index contributed by atoms with van der Waals surface area (Å²) in [5.41, 5.74) is 2.31. The van der Waals surface area contributed by atoms with E-state index in [1.807, 2.05) is 36.4 Å². The van der Waals surface area contributed by atoms with Crippen molar-refractivity contribution < 1.29 is 18.7 Å². The number of carbonyl (C=O) groups excluding carboxylic acids is 1. The lowest BCUT2D eigenvalue weighted by atomic mass is 10.1. The fraction of sp³-hybridized carbons (Fsp3) is 0.0833. The first-order valence-electron chi connectivity index (χ1n) is 9.44. The van der Waals surface area contributed by atoms with E-state index in [-0.39, 0.29) is 5.91 Å². The van der Waals surface area contributed by atoms with Crippen molar-refractivity contribution in [2.24, 2.45) is 0 Å². The maximum absolute atomic E-state index is 13.1. The summed E-state index contributed by atoms with van der Waals surface area (Å²) < 4.78 is 16.5. The van der Waals surface area contributed by atoms with E-state index in [4.69, 9.17) is 25.5 Å². The Labute approximate surface area is 184 Å². The number of nitrogens with zero attached hydrogens (tertiary/aromatic N) is 1. The van der Waals surface area contributed by atoms with Gasteiger partial charge in [-0.2, -0.15) is 0 Å². The van der Waals surface area contributed by atoms with Crippen molar-refractivity contribution in [1.29, 1.82) is 0 Å². The topological polar surface area (TPSA) is 73.6 Å². The molecule has 31 heavy (non-hydrogen) atoms. The molecule has 4 rings (SSSR count). The lowest BCUT2D eigenvalue weighted by Crippen LogP contribution is -2.14. The lowest BCUT2D eigenvalue weighted by Gasteiger charge is -2.14. The second-order valence-corrected chi connectivity index (χ2v) is 6.99. The van der Waals surface area contributed by atoms with Crippen LogP contribution in [-0.2, 0) is 0 Å². The quantitative estimate of drug-likeness (QED) is 0.407. The molecule has 1 N–H and O–H groups in total. The van der Waals surface area contributed by atoms with E-state index in [0.717, 1.165) is 5.56 Å². The van der Waals surface area contributed by atoms with E-state index in [2.05, 4.69) is 10.3 Å². The Kier molecular flexibility index (Phi) is 5.91. The van der Waals surface area contributed by atoms with Gasteiger partial charge in [-0.15, -0.1) is 0 Å². The molecule has 1 aromatic heterocycles. The molecule has 0 saturated heterocycles. The number of benzene rings is 3. The molecule has 1 amide bonds. The molecule has 0 aliphatic rings. The second-order valence-electron chi connectivity index (χ2n) is 6.58. The molecule has 0 fully saturated rings. The zero-order valence-corrected chi connectivity index (χ0v) is 17.6. The molecular weight excluding hydrogens is 416 g/mol. The first-order chi connectivity index (χ1) is 15.1. The zero-order chi connectivity index (χ0) is 21.8. The van der Waals surface area contributed by atoms with Crippen LogP contribution in [0.25, 0.3) is 22.8 Å². The second kappa shape index (κ2) is 8.93. The Hall–Kier alpha value is -3.77. The van der Waals surface area contributed by atoms with Crippen molar-refractivity contribution in [2.75, 3.05) is 19.5 Å². The van der Waals surface area contributed by atoms with Gasteiger partial charge in [0.2, 0.25) is 5.89 Å². The molecule has 1 heterocycles. The Balaban J connectivity index is 1.67. The van der Waals surface area contributed by atoms with Crippen LogP contribution in [0.2, 0.25) is 5.02 Å². The maximum Gasteiger partial charge on any atom is 0.256 e. The zero-order valence-electron chi connectivity index (χ0n) is 16.9. The third kappa shape index (κ3) is 4.25. The highest BCUT2D eigenvalue weighted by Crippen LogP contribution is 2.36. The van der Waals surface area contributed by atoms with E-state index in [9.17, 15) is 4.79 Å². The molecule has 156 valence electrons. The van der Waals surface area contributed by atoms with Crippen molar-refractivity contribution in [2.45, 2.75) is 0 Å². The minimum atomic E-state index is -0.349. The standard InChI is InChI=1S/C24H19ClN2O4/c1-29-20-13-19(21(30-2)12-18(20)25)27-23(28)16-10-6-7-11-17(16)24-26-14-22(31-24)15-8-4-3-5-9-15/h3-14H,1-2H3,(H,27,28). The van der Waals surface area contributed by atoms with E-state index >= 15 is 0 Å². The molecule has 0 radical (unpaired) electrons. The summed E-state index contributed by atoms with van der Waals surface area (Å²) in [5.74, 6) is 1.46. The molecule has 0 unspecified atom stereocenters. The average molecular weight is 435 g/mol. The van der Waals surface area contributed by atoms with Gasteiger partial charge in [0.15, 0.2) is 5.76 Å². The van der Waals surface area contributed by atoms with Gasteiger partial charge in [0, 0.05) is 23.3 Å². The molecule has 0 saturated carbocycles. The van der Waals surface area contributed by atoms with Gasteiger partial charge in [-0.3, -0.25) is 4.79 Å². The number of hydrogen-bond donors (Lipinski definition) is 1. The third-order valence-corrected chi connectivity index (χ3v) is 4.98. The number of hydrogen-bond acceptors (Lipinski definition) is 5. The van der Waals surface area contributed by atoms with Crippen LogP contribution in [0.3, 0.4) is 0 Å². The number of carbonyl (C=O) groups is 1. The summed E-state index contributed by atoms with van der Waals surface area (Å²) in [5, 5.41) is 3.24. The Bertz CT molecular complexity index is 1220. The molecule has 0 bridgehead atoms. The Morgan fingerprint density at radius 3 is 2.42 bits per heavy atom. The molecule has 4 aromatic rings. The summed E-state index contributed by atoms with van der Waals surface area (Å²) in [7, 11) is 3.00. The van der Waals surface area contributed by atoms with Crippen LogP contribution >= 0.6 is 11.6 Å². The van der Waals surface area contributed by atoms with Crippen molar-refractivity contribution in [3.8, 4) is 34.3 Å². The summed E-state index contributed by atoms with van der Waals surface area (Å²) in [6.07, 6.45) is 1.65. The van der Waals surface area contributed by atoms with Gasteiger partial charge in [0.1, 0.15) is 11.5 Å². The highest BCUT2D eigenvalue weighted by Gasteiger charge is 2.19. The minimum absolute atomic E-state index is 0.349. The molecule has 3 aromatic carbocycles. The lowest BCUT2D eigenvalue weighted by molar-refractivity contribution is 0.102. The summed E-state index contributed by atoms with van der Waals surface area (Å²) in [6, 6.07) is 19.9. The number of ether oxygens (including phenoxy) is 2. The molecular formula is C24H19ClN2O4. The smallest absolute Gasteiger partial charge is 0.256 e. The third-order valence-electron chi connectivity index (χ3n) is 4.69. The van der Waals surface area contributed by atoms with E-state index in [1.54, 1.807) is 36.5 Å². The van der Waals surface area contributed by atoms with Crippen LogP contribution in [0.4, 0.5) is 5.69 Å². The van der Waals surface area contributed by atoms with Crippen molar-refractivity contribution >= 4 is 23.2 Å². The molecule has 0 aliphatic heterocycles. The summed E-state index contributed by atoms with van der Waals surface area (Å²) in [4.78, 5) is 17.5. The number of aromatic nitrogens is 1. The summed E-state index contributed by atoms with van der Waals surface area (Å²) in [6.45, 7) is 0. The molecule has 0 aliphatic carbocycles. The maximum atomic E-state index is 13.1. The minimum Gasteiger partial charge on any atom is -0.495 e. The fourth-order valence-corrected chi connectivity index (χ4v) is 3.38. The van der Waals surface area contributed by atoms with Gasteiger partial charge < -0.3 is 19.2 Å². The van der Waals surface area contributed by atoms with Crippen LogP contribution in [0.5, 0.6) is 11.5 Å². The first-order valence-corrected chi connectivity index (χ1v) is 9.82. The average Bonchev–Trinajstić information content (AvgIpc) is 3.30. The predicted octanol–water partition coefficient (Wildman–Crippen LogP) is 5.93. The molecule has 0 spiro atoms. The van der Waals surface area contributed by atoms with Crippen LogP contribution in [0.1, 0.15) is 10.4 Å². The fourth-order valence-electron chi connectivity index (χ4n) is 3.15. The monoisotopic (exact) mass is 434 g/mol. The van der Waals surface area contributed by atoms with Crippen LogP contribution in [-0.4, -0.2) is 25.1 Å². The molecule has 0 atom stereocenters. The predicted molar refractivity (Wildman–Crippen MR) is 120 cm³/mol. The Morgan fingerprint density at radius 2 is 1.68 bits per heavy atom. The van der Waals surface area contributed by atoms with Crippen molar-refractivity contribution in [3.05, 3.63) is 83.5 Å². The number of halogens is 1. The highest BCUT2D eigenvalue weighted by molar-refractivity contribution is 6.32.